The van der Waals surface area contributed by atoms with Gasteiger partial charge in [-0.15, -0.1) is 0 Å². The van der Waals surface area contributed by atoms with Gasteiger partial charge >= 0.3 is 0 Å². The quantitative estimate of drug-likeness (QED) is 0.627. The molecule has 1 aromatic rings. The zero-order valence-electron chi connectivity index (χ0n) is 11.3. The van der Waals surface area contributed by atoms with Crippen LogP contribution in [-0.2, 0) is 0 Å². The predicted octanol–water partition coefficient (Wildman–Crippen LogP) is 3.78. The third-order valence-electron chi connectivity index (χ3n) is 3.54. The van der Waals surface area contributed by atoms with Crippen molar-refractivity contribution in [3.05, 3.63) is 34.3 Å². The summed E-state index contributed by atoms with van der Waals surface area (Å²) in [5, 5.41) is 6.45. The van der Waals surface area contributed by atoms with Crippen LogP contribution >= 0.6 is 28.1 Å². The molecular formula is C15H19BrN2OS. The van der Waals surface area contributed by atoms with Crippen LogP contribution in [0.4, 0.5) is 0 Å². The average Bonchev–Trinajstić information content (AvgIpc) is 2.67. The summed E-state index contributed by atoms with van der Waals surface area (Å²) in [6, 6.07) is 7.72. The molecule has 20 heavy (non-hydrogen) atoms. The Balaban J connectivity index is 1.87. The van der Waals surface area contributed by atoms with Gasteiger partial charge in [-0.05, 0) is 53.1 Å². The van der Waals surface area contributed by atoms with E-state index in [2.05, 4.69) is 26.6 Å². The third-order valence-corrected chi connectivity index (χ3v) is 4.45. The van der Waals surface area contributed by atoms with Crippen molar-refractivity contribution in [2.45, 2.75) is 44.6 Å². The van der Waals surface area contributed by atoms with E-state index in [-0.39, 0.29) is 5.91 Å². The number of hydrogen-bond donors (Lipinski definition) is 2. The lowest BCUT2D eigenvalue weighted by atomic mass is 10.1. The second-order valence-corrected chi connectivity index (χ2v) is 6.36. The summed E-state index contributed by atoms with van der Waals surface area (Å²) >= 11 is 8.61. The SMILES string of the molecule is O=C(NC(=S)NC1CCCCCC1)c1ccccc1Br. The number of thiocarbonyl (C=S) groups is 1. The monoisotopic (exact) mass is 354 g/mol. The molecule has 0 bridgehead atoms. The van der Waals surface area contributed by atoms with Crippen molar-refractivity contribution in [1.29, 1.82) is 0 Å². The van der Waals surface area contributed by atoms with Gasteiger partial charge in [0.25, 0.3) is 5.91 Å². The first-order valence-electron chi connectivity index (χ1n) is 7.03. The van der Waals surface area contributed by atoms with Crippen molar-refractivity contribution >= 4 is 39.2 Å². The first-order valence-corrected chi connectivity index (χ1v) is 8.23. The summed E-state index contributed by atoms with van der Waals surface area (Å²) in [6.45, 7) is 0. The van der Waals surface area contributed by atoms with E-state index in [9.17, 15) is 4.79 Å². The van der Waals surface area contributed by atoms with E-state index < -0.39 is 0 Å². The lowest BCUT2D eigenvalue weighted by molar-refractivity contribution is 0.0975. The number of nitrogens with one attached hydrogen (secondary N) is 2. The molecule has 0 aliphatic heterocycles. The van der Waals surface area contributed by atoms with Gasteiger partial charge < -0.3 is 5.32 Å². The summed E-state index contributed by atoms with van der Waals surface area (Å²) in [5.74, 6) is -0.177. The van der Waals surface area contributed by atoms with Crippen LogP contribution in [0.3, 0.4) is 0 Å². The summed E-state index contributed by atoms with van der Waals surface area (Å²) in [7, 11) is 0. The molecular weight excluding hydrogens is 336 g/mol. The molecule has 2 rings (SSSR count). The Morgan fingerprint density at radius 2 is 1.80 bits per heavy atom. The van der Waals surface area contributed by atoms with Crippen molar-refractivity contribution in [3.63, 3.8) is 0 Å². The molecule has 0 aromatic heterocycles. The van der Waals surface area contributed by atoms with Crippen molar-refractivity contribution in [3.8, 4) is 0 Å². The summed E-state index contributed by atoms with van der Waals surface area (Å²) < 4.78 is 0.773. The number of hydrogen-bond acceptors (Lipinski definition) is 2. The topological polar surface area (TPSA) is 41.1 Å². The Bertz CT molecular complexity index is 485. The molecule has 2 N–H and O–H groups in total. The van der Waals surface area contributed by atoms with E-state index in [1.807, 2.05) is 18.2 Å². The Kier molecular flexibility index (Phi) is 5.98. The van der Waals surface area contributed by atoms with Crippen molar-refractivity contribution in [1.82, 2.24) is 10.6 Å². The maximum atomic E-state index is 12.1. The molecule has 1 fully saturated rings. The lowest BCUT2D eigenvalue weighted by Crippen LogP contribution is -2.44. The standard InChI is InChI=1S/C15H19BrN2OS/c16-13-10-6-5-9-12(13)14(19)18-15(20)17-11-7-3-1-2-4-8-11/h5-6,9-11H,1-4,7-8H2,(H2,17,18,19,20). The van der Waals surface area contributed by atoms with Gasteiger partial charge in [0.05, 0.1) is 5.56 Å². The van der Waals surface area contributed by atoms with E-state index in [1.165, 1.54) is 25.7 Å². The van der Waals surface area contributed by atoms with Gasteiger partial charge in [-0.25, -0.2) is 0 Å². The fourth-order valence-electron chi connectivity index (χ4n) is 2.46. The van der Waals surface area contributed by atoms with E-state index in [4.69, 9.17) is 12.2 Å². The molecule has 1 amide bonds. The van der Waals surface area contributed by atoms with Crippen molar-refractivity contribution < 1.29 is 4.79 Å². The van der Waals surface area contributed by atoms with Crippen LogP contribution in [0.5, 0.6) is 0 Å². The molecule has 1 saturated carbocycles. The molecule has 108 valence electrons. The molecule has 0 saturated heterocycles. The van der Waals surface area contributed by atoms with Crippen LogP contribution in [0.15, 0.2) is 28.7 Å². The van der Waals surface area contributed by atoms with Gasteiger partial charge in [-0.1, -0.05) is 37.8 Å². The fourth-order valence-corrected chi connectivity index (χ4v) is 3.19. The lowest BCUT2D eigenvalue weighted by Gasteiger charge is -2.18. The molecule has 0 radical (unpaired) electrons. The maximum absolute atomic E-state index is 12.1. The molecule has 1 aromatic carbocycles. The normalized spacial score (nSPS) is 16.2. The minimum Gasteiger partial charge on any atom is -0.360 e. The van der Waals surface area contributed by atoms with Gasteiger partial charge in [0.2, 0.25) is 0 Å². The number of benzene rings is 1. The average molecular weight is 355 g/mol. The highest BCUT2D eigenvalue weighted by Crippen LogP contribution is 2.17. The van der Waals surface area contributed by atoms with Gasteiger partial charge in [0.1, 0.15) is 0 Å². The highest BCUT2D eigenvalue weighted by Gasteiger charge is 2.15. The Hall–Kier alpha value is -0.940. The minimum absolute atomic E-state index is 0.177. The highest BCUT2D eigenvalue weighted by molar-refractivity contribution is 9.10. The zero-order chi connectivity index (χ0) is 14.4. The van der Waals surface area contributed by atoms with Crippen molar-refractivity contribution in [2.24, 2.45) is 0 Å². The largest absolute Gasteiger partial charge is 0.360 e. The van der Waals surface area contributed by atoms with Crippen LogP contribution in [0.1, 0.15) is 48.9 Å². The van der Waals surface area contributed by atoms with Crippen LogP contribution in [0.2, 0.25) is 0 Å². The molecule has 5 heteroatoms. The molecule has 1 aliphatic rings. The maximum Gasteiger partial charge on any atom is 0.258 e. The summed E-state index contributed by atoms with van der Waals surface area (Å²) in [5.41, 5.74) is 0.595. The Labute approximate surface area is 133 Å². The van der Waals surface area contributed by atoms with E-state index in [0.717, 1.165) is 17.3 Å². The smallest absolute Gasteiger partial charge is 0.258 e. The zero-order valence-corrected chi connectivity index (χ0v) is 13.7. The number of halogens is 1. The molecule has 0 heterocycles. The molecule has 1 aliphatic carbocycles. The second-order valence-electron chi connectivity index (χ2n) is 5.10. The summed E-state index contributed by atoms with van der Waals surface area (Å²) in [4.78, 5) is 12.1. The van der Waals surface area contributed by atoms with Crippen LogP contribution in [0.25, 0.3) is 0 Å². The van der Waals surface area contributed by atoms with Gasteiger partial charge in [0, 0.05) is 10.5 Å². The molecule has 3 nitrogen and oxygen atoms in total. The first kappa shape index (κ1) is 15.4. The van der Waals surface area contributed by atoms with Gasteiger partial charge in [-0.2, -0.15) is 0 Å². The second kappa shape index (κ2) is 7.74. The molecule has 0 spiro atoms. The van der Waals surface area contributed by atoms with Crippen molar-refractivity contribution in [2.75, 3.05) is 0 Å². The predicted molar refractivity (Wildman–Crippen MR) is 88.8 cm³/mol. The number of rotatable bonds is 2. The van der Waals surface area contributed by atoms with Crippen LogP contribution in [-0.4, -0.2) is 17.1 Å². The number of amides is 1. The van der Waals surface area contributed by atoms with Crippen LogP contribution in [0, 0.1) is 0 Å². The summed E-state index contributed by atoms with van der Waals surface area (Å²) in [6.07, 6.45) is 7.33. The van der Waals surface area contributed by atoms with E-state index >= 15 is 0 Å². The number of carbonyl (C=O) groups is 1. The Morgan fingerprint density at radius 3 is 2.45 bits per heavy atom. The molecule has 0 atom stereocenters. The molecule has 0 unspecified atom stereocenters. The highest BCUT2D eigenvalue weighted by atomic mass is 79.9. The Morgan fingerprint density at radius 1 is 1.15 bits per heavy atom. The number of carbonyl (C=O) groups excluding carboxylic acids is 1. The van der Waals surface area contributed by atoms with E-state index in [1.54, 1.807) is 6.07 Å². The van der Waals surface area contributed by atoms with Crippen LogP contribution < -0.4 is 10.6 Å². The first-order chi connectivity index (χ1) is 9.66. The fraction of sp³-hybridized carbons (Fsp3) is 0.467. The van der Waals surface area contributed by atoms with Gasteiger partial charge in [-0.3, -0.25) is 10.1 Å². The minimum atomic E-state index is -0.177. The van der Waals surface area contributed by atoms with E-state index in [0.29, 0.717) is 16.7 Å². The van der Waals surface area contributed by atoms with Gasteiger partial charge in [0.15, 0.2) is 5.11 Å². The third kappa shape index (κ3) is 4.56.